The minimum atomic E-state index is -4.79. The Morgan fingerprint density at radius 3 is 2.36 bits per heavy atom. The van der Waals surface area contributed by atoms with E-state index in [0.717, 1.165) is 37.9 Å². The third-order valence-corrected chi connectivity index (χ3v) is 5.01. The van der Waals surface area contributed by atoms with Crippen molar-refractivity contribution in [2.24, 2.45) is 0 Å². The summed E-state index contributed by atoms with van der Waals surface area (Å²) in [6.07, 6.45) is -6.76. The Morgan fingerprint density at radius 2 is 1.76 bits per heavy atom. The van der Waals surface area contributed by atoms with Gasteiger partial charge in [-0.1, -0.05) is 18.6 Å². The molecule has 2 aliphatic rings. The summed E-state index contributed by atoms with van der Waals surface area (Å²) in [7, 11) is 0. The van der Waals surface area contributed by atoms with Crippen LogP contribution in [0.4, 0.5) is 26.3 Å². The lowest BCUT2D eigenvalue weighted by Gasteiger charge is -2.15. The number of hydrogen-bond donors (Lipinski definition) is 0. The minimum Gasteiger partial charge on any atom is -0.290 e. The summed E-state index contributed by atoms with van der Waals surface area (Å²) in [5, 5.41) is 0.155. The van der Waals surface area contributed by atoms with E-state index in [4.69, 9.17) is 0 Å². The number of pyridine rings is 1. The highest BCUT2D eigenvalue weighted by Gasteiger charge is 2.50. The van der Waals surface area contributed by atoms with Crippen LogP contribution in [0.5, 0.6) is 0 Å². The van der Waals surface area contributed by atoms with Gasteiger partial charge in [-0.3, -0.25) is 4.90 Å². The molecule has 0 spiro atoms. The van der Waals surface area contributed by atoms with Crippen molar-refractivity contribution in [2.45, 2.75) is 43.7 Å². The first kappa shape index (κ1) is 16.6. The standard InChI is InChI=1S/C17H14F6N2/c18-16(19,20)11-5-3-4-9-10(15-12-6-1-2-7-25(12)15)8-13(17(21,22)23)24-14(9)11/h3-5,8,12,15H,1-2,6-7H2. The lowest BCUT2D eigenvalue weighted by atomic mass is 9.99. The summed E-state index contributed by atoms with van der Waals surface area (Å²) in [6, 6.07) is 4.22. The van der Waals surface area contributed by atoms with Crippen molar-refractivity contribution >= 4 is 10.9 Å². The first-order chi connectivity index (χ1) is 11.7. The molecule has 3 heterocycles. The Labute approximate surface area is 139 Å². The van der Waals surface area contributed by atoms with E-state index in [2.05, 4.69) is 9.88 Å². The fourth-order valence-corrected chi connectivity index (χ4v) is 3.89. The lowest BCUT2D eigenvalue weighted by molar-refractivity contribution is -0.142. The zero-order valence-corrected chi connectivity index (χ0v) is 13.0. The van der Waals surface area contributed by atoms with Crippen LogP contribution in [0.2, 0.25) is 0 Å². The Kier molecular flexibility index (Phi) is 3.55. The molecule has 2 aliphatic heterocycles. The molecular formula is C17H14F6N2. The van der Waals surface area contributed by atoms with E-state index in [1.165, 1.54) is 12.1 Å². The fraction of sp³-hybridized carbons (Fsp3) is 0.471. The van der Waals surface area contributed by atoms with Crippen molar-refractivity contribution in [3.63, 3.8) is 0 Å². The highest BCUT2D eigenvalue weighted by atomic mass is 19.4. The number of benzene rings is 1. The summed E-state index contributed by atoms with van der Waals surface area (Å²) in [6.45, 7) is 0.763. The molecule has 1 aromatic carbocycles. The van der Waals surface area contributed by atoms with Crippen LogP contribution in [0.1, 0.15) is 42.1 Å². The van der Waals surface area contributed by atoms with Crippen LogP contribution < -0.4 is 0 Å². The molecule has 2 fully saturated rings. The Balaban J connectivity index is 1.95. The molecule has 0 aliphatic carbocycles. The number of aromatic nitrogens is 1. The zero-order valence-electron chi connectivity index (χ0n) is 13.0. The molecule has 134 valence electrons. The molecule has 0 N–H and O–H groups in total. The number of nitrogens with zero attached hydrogens (tertiary/aromatic N) is 2. The second-order valence-corrected chi connectivity index (χ2v) is 6.54. The molecule has 0 bridgehead atoms. The van der Waals surface area contributed by atoms with Crippen molar-refractivity contribution in [3.8, 4) is 0 Å². The number of alkyl halides is 6. The predicted molar refractivity (Wildman–Crippen MR) is 78.8 cm³/mol. The van der Waals surface area contributed by atoms with Crippen molar-refractivity contribution in [2.75, 3.05) is 6.54 Å². The first-order valence-corrected chi connectivity index (χ1v) is 8.02. The van der Waals surface area contributed by atoms with E-state index in [1.807, 2.05) is 0 Å². The van der Waals surface area contributed by atoms with Gasteiger partial charge < -0.3 is 0 Å². The highest BCUT2D eigenvalue weighted by molar-refractivity contribution is 5.86. The molecule has 8 heteroatoms. The second-order valence-electron chi connectivity index (χ2n) is 6.54. The summed E-state index contributed by atoms with van der Waals surface area (Å²) < 4.78 is 79.4. The van der Waals surface area contributed by atoms with E-state index in [9.17, 15) is 26.3 Å². The number of hydrogen-bond acceptors (Lipinski definition) is 2. The van der Waals surface area contributed by atoms with E-state index in [0.29, 0.717) is 5.56 Å². The van der Waals surface area contributed by atoms with E-state index in [-0.39, 0.29) is 17.5 Å². The molecule has 4 rings (SSSR count). The van der Waals surface area contributed by atoms with Gasteiger partial charge in [-0.2, -0.15) is 26.3 Å². The molecule has 1 aromatic heterocycles. The molecule has 25 heavy (non-hydrogen) atoms. The van der Waals surface area contributed by atoms with Crippen molar-refractivity contribution in [1.29, 1.82) is 0 Å². The van der Waals surface area contributed by atoms with Crippen LogP contribution in [0.15, 0.2) is 24.3 Å². The summed E-state index contributed by atoms with van der Waals surface area (Å²) >= 11 is 0. The molecule has 3 atom stereocenters. The summed E-state index contributed by atoms with van der Waals surface area (Å²) in [4.78, 5) is 5.39. The maximum Gasteiger partial charge on any atom is 0.433 e. The zero-order chi connectivity index (χ0) is 18.0. The van der Waals surface area contributed by atoms with Gasteiger partial charge in [0.25, 0.3) is 0 Å². The molecule has 0 amide bonds. The fourth-order valence-electron chi connectivity index (χ4n) is 3.89. The van der Waals surface area contributed by atoms with Crippen LogP contribution in [0.25, 0.3) is 10.9 Å². The van der Waals surface area contributed by atoms with Gasteiger partial charge in [0.05, 0.1) is 17.1 Å². The quantitative estimate of drug-likeness (QED) is 0.514. The number of fused-ring (bicyclic) bond motifs is 2. The smallest absolute Gasteiger partial charge is 0.290 e. The number of halogens is 6. The maximum atomic E-state index is 13.3. The number of piperidine rings is 1. The molecule has 2 nitrogen and oxygen atoms in total. The third kappa shape index (κ3) is 2.76. The summed E-state index contributed by atoms with van der Waals surface area (Å²) in [5.41, 5.74) is -2.72. The monoisotopic (exact) mass is 360 g/mol. The SMILES string of the molecule is FC(F)(F)c1cc(C2C3CCCCN32)c2cccc(C(F)(F)F)c2n1. The van der Waals surface area contributed by atoms with Crippen molar-refractivity contribution in [1.82, 2.24) is 9.88 Å². The Hall–Kier alpha value is -1.83. The molecule has 2 saturated heterocycles. The van der Waals surface area contributed by atoms with Gasteiger partial charge in [0, 0.05) is 11.4 Å². The van der Waals surface area contributed by atoms with Crippen molar-refractivity contribution < 1.29 is 26.3 Å². The average Bonchev–Trinajstić information content (AvgIpc) is 3.25. The van der Waals surface area contributed by atoms with E-state index in [1.54, 1.807) is 0 Å². The average molecular weight is 360 g/mol. The second kappa shape index (κ2) is 5.33. The Bertz CT molecular complexity index is 814. The number of para-hydroxylation sites is 1. The maximum absolute atomic E-state index is 13.3. The molecular weight excluding hydrogens is 346 g/mol. The van der Waals surface area contributed by atoms with E-state index >= 15 is 0 Å². The topological polar surface area (TPSA) is 15.9 Å². The molecule has 2 aromatic rings. The summed E-state index contributed by atoms with van der Waals surface area (Å²) in [5.74, 6) is 0. The van der Waals surface area contributed by atoms with Gasteiger partial charge in [0.1, 0.15) is 5.69 Å². The van der Waals surface area contributed by atoms with Crippen LogP contribution in [0, 0.1) is 0 Å². The minimum absolute atomic E-state index is 0.120. The van der Waals surface area contributed by atoms with Gasteiger partial charge >= 0.3 is 12.4 Å². The van der Waals surface area contributed by atoms with Crippen LogP contribution in [-0.4, -0.2) is 22.5 Å². The first-order valence-electron chi connectivity index (χ1n) is 8.02. The van der Waals surface area contributed by atoms with Gasteiger partial charge in [0.15, 0.2) is 0 Å². The van der Waals surface area contributed by atoms with Gasteiger partial charge in [-0.05, 0) is 37.1 Å². The highest BCUT2D eigenvalue weighted by Crippen LogP contribution is 2.51. The van der Waals surface area contributed by atoms with Crippen LogP contribution in [-0.2, 0) is 12.4 Å². The van der Waals surface area contributed by atoms with Crippen molar-refractivity contribution in [3.05, 3.63) is 41.1 Å². The number of rotatable bonds is 1. The largest absolute Gasteiger partial charge is 0.433 e. The third-order valence-electron chi connectivity index (χ3n) is 5.01. The van der Waals surface area contributed by atoms with Crippen LogP contribution in [0.3, 0.4) is 0 Å². The molecule has 0 saturated carbocycles. The van der Waals surface area contributed by atoms with E-state index < -0.39 is 29.1 Å². The normalized spacial score (nSPS) is 26.6. The van der Waals surface area contributed by atoms with Gasteiger partial charge in [-0.15, -0.1) is 0 Å². The molecule has 0 radical (unpaired) electrons. The van der Waals surface area contributed by atoms with Gasteiger partial charge in [0.2, 0.25) is 0 Å². The molecule has 3 unspecified atom stereocenters. The van der Waals surface area contributed by atoms with Crippen LogP contribution >= 0.6 is 0 Å². The lowest BCUT2D eigenvalue weighted by Crippen LogP contribution is -2.13. The Morgan fingerprint density at radius 1 is 1.00 bits per heavy atom. The van der Waals surface area contributed by atoms with Gasteiger partial charge in [-0.25, -0.2) is 4.98 Å². The predicted octanol–water partition coefficient (Wildman–Crippen LogP) is 5.18.